The monoisotopic (exact) mass is 220 g/mol. The summed E-state index contributed by atoms with van der Waals surface area (Å²) >= 11 is 0. The molecular weight excluding hydrogens is 204 g/mol. The maximum atomic E-state index is 11.1. The Labute approximate surface area is 87.5 Å². The van der Waals surface area contributed by atoms with Crippen LogP contribution < -0.4 is 11.1 Å². The molecule has 7 nitrogen and oxygen atoms in total. The van der Waals surface area contributed by atoms with Crippen LogP contribution in [0.2, 0.25) is 0 Å². The number of carboxylic acid groups (broad SMARTS) is 1. The molecule has 4 N–H and O–H groups in total. The van der Waals surface area contributed by atoms with Crippen molar-refractivity contribution in [1.82, 2.24) is 5.32 Å². The van der Waals surface area contributed by atoms with Gasteiger partial charge in [0, 0.05) is 13.7 Å². The quantitative estimate of drug-likeness (QED) is 0.415. The van der Waals surface area contributed by atoms with Crippen molar-refractivity contribution in [2.24, 2.45) is 5.73 Å². The Bertz CT molecular complexity index is 209. The van der Waals surface area contributed by atoms with Gasteiger partial charge in [0.2, 0.25) is 5.91 Å². The van der Waals surface area contributed by atoms with Gasteiger partial charge in [0.25, 0.3) is 0 Å². The Morgan fingerprint density at radius 3 is 2.67 bits per heavy atom. The predicted octanol–water partition coefficient (Wildman–Crippen LogP) is -1.82. The number of hydrogen-bond acceptors (Lipinski definition) is 5. The lowest BCUT2D eigenvalue weighted by atomic mass is 10.3. The highest BCUT2D eigenvalue weighted by atomic mass is 16.5. The summed E-state index contributed by atoms with van der Waals surface area (Å²) in [5.41, 5.74) is 5.14. The van der Waals surface area contributed by atoms with Crippen molar-refractivity contribution in [3.05, 3.63) is 0 Å². The molecule has 0 rings (SSSR count). The first-order valence-corrected chi connectivity index (χ1v) is 4.40. The van der Waals surface area contributed by atoms with Crippen LogP contribution in [-0.4, -0.2) is 56.5 Å². The highest BCUT2D eigenvalue weighted by Crippen LogP contribution is 1.86. The lowest BCUT2D eigenvalue weighted by Gasteiger charge is -2.13. The standard InChI is InChI=1S/C8H16N2O5/c1-14-4-6(8(12)13)10-7(11)5-15-3-2-9/h6H,2-5,9H2,1H3,(H,10,11)(H,12,13). The van der Waals surface area contributed by atoms with Crippen LogP contribution in [-0.2, 0) is 19.1 Å². The summed E-state index contributed by atoms with van der Waals surface area (Å²) in [7, 11) is 1.35. The van der Waals surface area contributed by atoms with Gasteiger partial charge < -0.3 is 25.6 Å². The minimum absolute atomic E-state index is 0.0854. The van der Waals surface area contributed by atoms with Crippen LogP contribution in [0.4, 0.5) is 0 Å². The van der Waals surface area contributed by atoms with Gasteiger partial charge in [-0.2, -0.15) is 0 Å². The molecule has 0 spiro atoms. The molecule has 0 aliphatic carbocycles. The number of carbonyl (C=O) groups excluding carboxylic acids is 1. The minimum Gasteiger partial charge on any atom is -0.480 e. The molecule has 0 aromatic rings. The smallest absolute Gasteiger partial charge is 0.328 e. The number of hydrogen-bond donors (Lipinski definition) is 3. The largest absolute Gasteiger partial charge is 0.480 e. The Kier molecular flexibility index (Phi) is 7.51. The Morgan fingerprint density at radius 2 is 2.20 bits per heavy atom. The van der Waals surface area contributed by atoms with Crippen molar-refractivity contribution in [2.75, 3.05) is 33.5 Å². The van der Waals surface area contributed by atoms with Gasteiger partial charge >= 0.3 is 5.97 Å². The van der Waals surface area contributed by atoms with Gasteiger partial charge in [0.15, 0.2) is 6.04 Å². The average Bonchev–Trinajstić information content (AvgIpc) is 2.17. The number of amides is 1. The first kappa shape index (κ1) is 13.8. The topological polar surface area (TPSA) is 111 Å². The fourth-order valence-corrected chi connectivity index (χ4v) is 0.826. The lowest BCUT2D eigenvalue weighted by Crippen LogP contribution is -2.45. The third kappa shape index (κ3) is 6.83. The van der Waals surface area contributed by atoms with Crippen LogP contribution in [0, 0.1) is 0 Å². The zero-order valence-electron chi connectivity index (χ0n) is 8.56. The van der Waals surface area contributed by atoms with E-state index in [9.17, 15) is 9.59 Å². The Morgan fingerprint density at radius 1 is 1.53 bits per heavy atom. The maximum Gasteiger partial charge on any atom is 0.328 e. The van der Waals surface area contributed by atoms with Gasteiger partial charge in [0.1, 0.15) is 6.61 Å². The van der Waals surface area contributed by atoms with E-state index in [1.165, 1.54) is 7.11 Å². The molecule has 7 heteroatoms. The molecule has 1 atom stereocenters. The van der Waals surface area contributed by atoms with E-state index in [-0.39, 0.29) is 19.8 Å². The SMILES string of the molecule is COCC(NC(=O)COCCN)C(=O)O. The summed E-state index contributed by atoms with van der Waals surface area (Å²) < 4.78 is 9.47. The maximum absolute atomic E-state index is 11.1. The van der Waals surface area contributed by atoms with Crippen LogP contribution in [0.25, 0.3) is 0 Å². The highest BCUT2D eigenvalue weighted by molar-refractivity contribution is 5.84. The molecule has 0 radical (unpaired) electrons. The summed E-state index contributed by atoms with van der Waals surface area (Å²) in [6.07, 6.45) is 0. The Hall–Kier alpha value is -1.18. The molecule has 0 fully saturated rings. The molecule has 0 saturated heterocycles. The summed E-state index contributed by atoms with van der Waals surface area (Å²) in [5.74, 6) is -1.66. The first-order valence-electron chi connectivity index (χ1n) is 4.40. The van der Waals surface area contributed by atoms with Gasteiger partial charge in [-0.25, -0.2) is 4.79 Å². The van der Waals surface area contributed by atoms with E-state index >= 15 is 0 Å². The summed E-state index contributed by atoms with van der Waals surface area (Å²) in [4.78, 5) is 21.7. The first-order chi connectivity index (χ1) is 7.11. The number of ether oxygens (including phenoxy) is 2. The van der Waals surface area contributed by atoms with Crippen LogP contribution in [0.15, 0.2) is 0 Å². The van der Waals surface area contributed by atoms with Crippen molar-refractivity contribution >= 4 is 11.9 Å². The lowest BCUT2D eigenvalue weighted by molar-refractivity contribution is -0.144. The van der Waals surface area contributed by atoms with E-state index in [1.807, 2.05) is 0 Å². The van der Waals surface area contributed by atoms with Crippen molar-refractivity contribution in [2.45, 2.75) is 6.04 Å². The molecular formula is C8H16N2O5. The summed E-state index contributed by atoms with van der Waals surface area (Å²) in [6, 6.07) is -1.05. The van der Waals surface area contributed by atoms with Crippen LogP contribution in [0.5, 0.6) is 0 Å². The van der Waals surface area contributed by atoms with Gasteiger partial charge in [-0.3, -0.25) is 4.79 Å². The van der Waals surface area contributed by atoms with E-state index in [2.05, 4.69) is 10.1 Å². The molecule has 0 saturated carbocycles. The fraction of sp³-hybridized carbons (Fsp3) is 0.750. The Balaban J connectivity index is 3.84. The number of methoxy groups -OCH3 is 1. The zero-order chi connectivity index (χ0) is 11.7. The molecule has 88 valence electrons. The van der Waals surface area contributed by atoms with Crippen LogP contribution >= 0.6 is 0 Å². The molecule has 15 heavy (non-hydrogen) atoms. The van der Waals surface area contributed by atoms with E-state index < -0.39 is 17.9 Å². The molecule has 0 bridgehead atoms. The second-order valence-corrected chi connectivity index (χ2v) is 2.75. The van der Waals surface area contributed by atoms with Crippen LogP contribution in [0.3, 0.4) is 0 Å². The van der Waals surface area contributed by atoms with Gasteiger partial charge in [-0.15, -0.1) is 0 Å². The third-order valence-electron chi connectivity index (χ3n) is 1.46. The van der Waals surface area contributed by atoms with Gasteiger partial charge in [-0.05, 0) is 0 Å². The van der Waals surface area contributed by atoms with Crippen molar-refractivity contribution in [3.63, 3.8) is 0 Å². The molecule has 1 amide bonds. The minimum atomic E-state index is -1.15. The summed E-state index contributed by atoms with van der Waals surface area (Å²) in [5, 5.41) is 10.9. The number of aliphatic carboxylic acids is 1. The number of carbonyl (C=O) groups is 2. The third-order valence-corrected chi connectivity index (χ3v) is 1.46. The van der Waals surface area contributed by atoms with Gasteiger partial charge in [-0.1, -0.05) is 0 Å². The molecule has 0 aromatic carbocycles. The molecule has 0 aromatic heterocycles. The second-order valence-electron chi connectivity index (χ2n) is 2.75. The number of rotatable bonds is 8. The number of nitrogens with two attached hydrogens (primary N) is 1. The van der Waals surface area contributed by atoms with E-state index in [4.69, 9.17) is 15.6 Å². The molecule has 1 unspecified atom stereocenters. The number of carboxylic acids is 1. The van der Waals surface area contributed by atoms with Crippen molar-refractivity contribution in [1.29, 1.82) is 0 Å². The second kappa shape index (κ2) is 8.16. The van der Waals surface area contributed by atoms with Crippen molar-refractivity contribution in [3.8, 4) is 0 Å². The molecule has 0 aliphatic heterocycles. The fourth-order valence-electron chi connectivity index (χ4n) is 0.826. The van der Waals surface area contributed by atoms with Crippen molar-refractivity contribution < 1.29 is 24.2 Å². The normalized spacial score (nSPS) is 12.1. The van der Waals surface area contributed by atoms with Gasteiger partial charge in [0.05, 0.1) is 13.2 Å². The van der Waals surface area contributed by atoms with E-state index in [1.54, 1.807) is 0 Å². The average molecular weight is 220 g/mol. The number of nitrogens with one attached hydrogen (secondary N) is 1. The van der Waals surface area contributed by atoms with Crippen LogP contribution in [0.1, 0.15) is 0 Å². The molecule has 0 aliphatic rings. The summed E-state index contributed by atoms with van der Waals surface area (Å²) in [6.45, 7) is 0.284. The zero-order valence-corrected chi connectivity index (χ0v) is 8.56. The highest BCUT2D eigenvalue weighted by Gasteiger charge is 2.19. The molecule has 0 heterocycles. The van der Waals surface area contributed by atoms with E-state index in [0.717, 1.165) is 0 Å². The predicted molar refractivity (Wildman–Crippen MR) is 51.3 cm³/mol. The van der Waals surface area contributed by atoms with E-state index in [0.29, 0.717) is 6.54 Å².